The van der Waals surface area contributed by atoms with E-state index in [-0.39, 0.29) is 11.4 Å². The van der Waals surface area contributed by atoms with Crippen LogP contribution >= 0.6 is 0 Å². The Bertz CT molecular complexity index is 1210. The predicted octanol–water partition coefficient (Wildman–Crippen LogP) is 7.01. The van der Waals surface area contributed by atoms with Gasteiger partial charge in [0.2, 0.25) is 0 Å². The van der Waals surface area contributed by atoms with Gasteiger partial charge in [0.25, 0.3) is 0 Å². The summed E-state index contributed by atoms with van der Waals surface area (Å²) in [7, 11) is 0. The molecule has 1 spiro atoms. The van der Waals surface area contributed by atoms with Gasteiger partial charge in [-0.3, -0.25) is 9.80 Å². The molecule has 3 aromatic rings. The Morgan fingerprint density at radius 2 is 1.66 bits per heavy atom. The van der Waals surface area contributed by atoms with Crippen LogP contribution in [0.3, 0.4) is 0 Å². The fraction of sp³-hybridized carbons (Fsp3) is 0.387. The Morgan fingerprint density at radius 3 is 2.34 bits per heavy atom. The second kappa shape index (κ2) is 9.50. The van der Waals surface area contributed by atoms with Crippen LogP contribution in [0.4, 0.5) is 16.2 Å². The van der Waals surface area contributed by atoms with E-state index < -0.39 is 0 Å². The summed E-state index contributed by atoms with van der Waals surface area (Å²) < 4.78 is 0. The molecule has 35 heavy (non-hydrogen) atoms. The average molecular weight is 468 g/mol. The first-order valence-electron chi connectivity index (χ1n) is 12.9. The number of anilines is 2. The standard InChI is InChI=1S/C31H37N3O/c1-22(2)26-9-11-27(12-10-26)32-30(35)34-21-31(28-19-24(4)8-13-29(28)34)14-16-33(17-15-31)20-25-7-5-6-23(3)18-25/h5-13,18-19,22H,14-17,20-21H2,1-4H3,(H,32,35). The molecule has 0 unspecified atom stereocenters. The lowest BCUT2D eigenvalue weighted by molar-refractivity contribution is 0.160. The summed E-state index contributed by atoms with van der Waals surface area (Å²) in [5, 5.41) is 3.15. The highest BCUT2D eigenvalue weighted by Crippen LogP contribution is 2.47. The number of carbonyl (C=O) groups is 1. The molecule has 4 nitrogen and oxygen atoms in total. The van der Waals surface area contributed by atoms with Gasteiger partial charge in [0.1, 0.15) is 0 Å². The summed E-state index contributed by atoms with van der Waals surface area (Å²) in [5.41, 5.74) is 8.53. The summed E-state index contributed by atoms with van der Waals surface area (Å²) in [6.07, 6.45) is 2.14. The molecular formula is C31H37N3O. The summed E-state index contributed by atoms with van der Waals surface area (Å²) in [5.74, 6) is 0.477. The highest BCUT2D eigenvalue weighted by Gasteiger charge is 2.46. The molecule has 1 N–H and O–H groups in total. The van der Waals surface area contributed by atoms with Crippen molar-refractivity contribution in [1.29, 1.82) is 0 Å². The molecule has 0 atom stereocenters. The number of nitrogens with zero attached hydrogens (tertiary/aromatic N) is 2. The number of piperidine rings is 1. The topological polar surface area (TPSA) is 35.6 Å². The van der Waals surface area contributed by atoms with E-state index in [0.717, 1.165) is 50.4 Å². The van der Waals surface area contributed by atoms with Crippen molar-refractivity contribution in [1.82, 2.24) is 4.90 Å². The van der Waals surface area contributed by atoms with Gasteiger partial charge in [-0.25, -0.2) is 4.79 Å². The fourth-order valence-corrected chi connectivity index (χ4v) is 5.74. The number of likely N-dealkylation sites (tertiary alicyclic amines) is 1. The van der Waals surface area contributed by atoms with E-state index in [1.807, 2.05) is 17.0 Å². The molecule has 182 valence electrons. The van der Waals surface area contributed by atoms with Gasteiger partial charge in [-0.05, 0) is 80.6 Å². The van der Waals surface area contributed by atoms with Crippen LogP contribution in [0.15, 0.2) is 66.7 Å². The summed E-state index contributed by atoms with van der Waals surface area (Å²) in [6, 6.07) is 23.6. The molecule has 2 aliphatic heterocycles. The number of rotatable bonds is 4. The predicted molar refractivity (Wildman–Crippen MR) is 145 cm³/mol. The maximum absolute atomic E-state index is 13.4. The Kier molecular flexibility index (Phi) is 6.41. The van der Waals surface area contributed by atoms with Crippen LogP contribution in [-0.4, -0.2) is 30.6 Å². The van der Waals surface area contributed by atoms with Crippen molar-refractivity contribution in [2.45, 2.75) is 58.4 Å². The van der Waals surface area contributed by atoms with E-state index >= 15 is 0 Å². The molecule has 5 rings (SSSR count). The molecule has 2 amide bonds. The molecule has 0 radical (unpaired) electrons. The minimum Gasteiger partial charge on any atom is -0.308 e. The number of amides is 2. The smallest absolute Gasteiger partial charge is 0.308 e. The summed E-state index contributed by atoms with van der Waals surface area (Å²) >= 11 is 0. The van der Waals surface area contributed by atoms with Crippen molar-refractivity contribution in [3.05, 3.63) is 94.5 Å². The van der Waals surface area contributed by atoms with Crippen LogP contribution in [0.2, 0.25) is 0 Å². The van der Waals surface area contributed by atoms with Gasteiger partial charge < -0.3 is 5.32 Å². The molecule has 0 aromatic heterocycles. The van der Waals surface area contributed by atoms with Crippen LogP contribution in [0.5, 0.6) is 0 Å². The van der Waals surface area contributed by atoms with E-state index in [9.17, 15) is 4.79 Å². The minimum atomic E-state index is -0.0357. The number of hydrogen-bond donors (Lipinski definition) is 1. The molecule has 2 heterocycles. The number of hydrogen-bond acceptors (Lipinski definition) is 2. The molecule has 4 heteroatoms. The zero-order valence-electron chi connectivity index (χ0n) is 21.5. The number of carbonyl (C=O) groups excluding carboxylic acids is 1. The van der Waals surface area contributed by atoms with Crippen molar-refractivity contribution in [2.24, 2.45) is 0 Å². The Hall–Kier alpha value is -3.11. The van der Waals surface area contributed by atoms with E-state index in [0.29, 0.717) is 5.92 Å². The molecule has 0 saturated carbocycles. The first kappa shape index (κ1) is 23.6. The Balaban J connectivity index is 1.32. The first-order chi connectivity index (χ1) is 16.8. The van der Waals surface area contributed by atoms with Gasteiger partial charge in [-0.2, -0.15) is 0 Å². The molecule has 1 fully saturated rings. The van der Waals surface area contributed by atoms with Crippen molar-refractivity contribution < 1.29 is 4.79 Å². The largest absolute Gasteiger partial charge is 0.326 e. The van der Waals surface area contributed by atoms with Crippen LogP contribution in [0.25, 0.3) is 0 Å². The summed E-state index contributed by atoms with van der Waals surface area (Å²) in [4.78, 5) is 18.0. The maximum atomic E-state index is 13.4. The number of urea groups is 1. The lowest BCUT2D eigenvalue weighted by Gasteiger charge is -2.40. The number of fused-ring (bicyclic) bond motifs is 2. The molecule has 0 aliphatic carbocycles. The van der Waals surface area contributed by atoms with Gasteiger partial charge in [-0.1, -0.05) is 73.5 Å². The molecule has 0 bridgehead atoms. The van der Waals surface area contributed by atoms with Gasteiger partial charge in [-0.15, -0.1) is 0 Å². The van der Waals surface area contributed by atoms with Gasteiger partial charge >= 0.3 is 6.03 Å². The zero-order valence-corrected chi connectivity index (χ0v) is 21.5. The van der Waals surface area contributed by atoms with Crippen molar-refractivity contribution >= 4 is 17.4 Å². The molecule has 1 saturated heterocycles. The third-order valence-electron chi connectivity index (χ3n) is 7.85. The second-order valence-electron chi connectivity index (χ2n) is 10.9. The van der Waals surface area contributed by atoms with E-state index in [1.54, 1.807) is 0 Å². The van der Waals surface area contributed by atoms with Crippen LogP contribution in [0.1, 0.15) is 60.4 Å². The van der Waals surface area contributed by atoms with E-state index in [2.05, 4.69) is 92.5 Å². The van der Waals surface area contributed by atoms with Crippen molar-refractivity contribution in [2.75, 3.05) is 29.9 Å². The van der Waals surface area contributed by atoms with Gasteiger partial charge in [0.15, 0.2) is 0 Å². The number of benzene rings is 3. The Labute approximate surface area is 210 Å². The number of nitrogens with one attached hydrogen (secondary N) is 1. The minimum absolute atomic E-state index is 0.0310. The third-order valence-corrected chi connectivity index (χ3v) is 7.85. The first-order valence-corrected chi connectivity index (χ1v) is 12.9. The van der Waals surface area contributed by atoms with Gasteiger partial charge in [0.05, 0.1) is 0 Å². The highest BCUT2D eigenvalue weighted by atomic mass is 16.2. The van der Waals surface area contributed by atoms with Gasteiger partial charge in [0, 0.05) is 29.9 Å². The van der Waals surface area contributed by atoms with Crippen LogP contribution in [0, 0.1) is 13.8 Å². The normalized spacial score (nSPS) is 17.1. The lowest BCUT2D eigenvalue weighted by Crippen LogP contribution is -2.46. The monoisotopic (exact) mass is 467 g/mol. The van der Waals surface area contributed by atoms with E-state index in [1.165, 1.54) is 27.8 Å². The fourth-order valence-electron chi connectivity index (χ4n) is 5.74. The number of aryl methyl sites for hydroxylation is 2. The highest BCUT2D eigenvalue weighted by molar-refractivity contribution is 6.03. The lowest BCUT2D eigenvalue weighted by atomic mass is 9.74. The molecule has 2 aliphatic rings. The SMILES string of the molecule is Cc1cccc(CN2CCC3(CC2)CN(C(=O)Nc2ccc(C(C)C)cc2)c2ccc(C)cc23)c1. The third kappa shape index (κ3) is 4.85. The quantitative estimate of drug-likeness (QED) is 0.448. The molecule has 3 aromatic carbocycles. The van der Waals surface area contributed by atoms with Crippen LogP contribution < -0.4 is 10.2 Å². The Morgan fingerprint density at radius 1 is 0.943 bits per heavy atom. The average Bonchev–Trinajstić information content (AvgIpc) is 3.14. The van der Waals surface area contributed by atoms with E-state index in [4.69, 9.17) is 0 Å². The van der Waals surface area contributed by atoms with Crippen molar-refractivity contribution in [3.8, 4) is 0 Å². The summed E-state index contributed by atoms with van der Waals surface area (Å²) in [6.45, 7) is 12.5. The maximum Gasteiger partial charge on any atom is 0.326 e. The molecular weight excluding hydrogens is 430 g/mol. The zero-order chi connectivity index (χ0) is 24.6. The second-order valence-corrected chi connectivity index (χ2v) is 10.9. The van der Waals surface area contributed by atoms with Crippen LogP contribution in [-0.2, 0) is 12.0 Å². The van der Waals surface area contributed by atoms with Crippen molar-refractivity contribution in [3.63, 3.8) is 0 Å².